The molecule has 0 atom stereocenters. The molecule has 100 valence electrons. The number of fused-ring (bicyclic) bond motifs is 1. The Bertz CT molecular complexity index is 442. The van der Waals surface area contributed by atoms with E-state index in [1.807, 2.05) is 0 Å². The summed E-state index contributed by atoms with van der Waals surface area (Å²) >= 11 is 0. The van der Waals surface area contributed by atoms with E-state index in [4.69, 9.17) is 9.47 Å². The Kier molecular flexibility index (Phi) is 4.90. The Morgan fingerprint density at radius 3 is 2.94 bits per heavy atom. The van der Waals surface area contributed by atoms with Crippen LogP contribution in [0.3, 0.4) is 0 Å². The van der Waals surface area contributed by atoms with E-state index in [-0.39, 0.29) is 5.56 Å². The van der Waals surface area contributed by atoms with Crippen LogP contribution in [0.4, 0.5) is 0 Å². The lowest BCUT2D eigenvalue weighted by Crippen LogP contribution is -2.28. The van der Waals surface area contributed by atoms with E-state index in [1.54, 1.807) is 13.2 Å². The molecule has 1 aliphatic carbocycles. The highest BCUT2D eigenvalue weighted by atomic mass is 16.5. The molecule has 0 spiro atoms. The summed E-state index contributed by atoms with van der Waals surface area (Å²) in [6.45, 7) is 2.13. The molecule has 5 nitrogen and oxygen atoms in total. The zero-order valence-corrected chi connectivity index (χ0v) is 10.9. The van der Waals surface area contributed by atoms with Gasteiger partial charge in [0.25, 0.3) is 5.56 Å². The summed E-state index contributed by atoms with van der Waals surface area (Å²) in [5, 5.41) is 4.42. The fourth-order valence-electron chi connectivity index (χ4n) is 2.16. The van der Waals surface area contributed by atoms with Crippen molar-refractivity contribution < 1.29 is 9.47 Å². The van der Waals surface area contributed by atoms with Crippen molar-refractivity contribution in [1.29, 1.82) is 0 Å². The summed E-state index contributed by atoms with van der Waals surface area (Å²) in [4.78, 5) is 11.8. The first kappa shape index (κ1) is 13.2. The van der Waals surface area contributed by atoms with E-state index < -0.39 is 0 Å². The minimum absolute atomic E-state index is 0.0222. The maximum Gasteiger partial charge on any atom is 0.267 e. The molecule has 0 saturated carbocycles. The molecule has 18 heavy (non-hydrogen) atoms. The normalized spacial score (nSPS) is 14.5. The lowest BCUT2D eigenvalue weighted by Gasteiger charge is -2.15. The Labute approximate surface area is 107 Å². The molecule has 2 rings (SSSR count). The van der Waals surface area contributed by atoms with Crippen LogP contribution in [0, 0.1) is 0 Å². The molecule has 0 saturated heterocycles. The second kappa shape index (κ2) is 6.66. The number of aryl methyl sites for hydroxylation is 2. The number of hydrogen-bond acceptors (Lipinski definition) is 4. The highest BCUT2D eigenvalue weighted by Gasteiger charge is 2.12. The van der Waals surface area contributed by atoms with E-state index in [1.165, 1.54) is 11.1 Å². The van der Waals surface area contributed by atoms with Crippen LogP contribution in [0.1, 0.15) is 24.1 Å². The van der Waals surface area contributed by atoms with Crippen LogP contribution in [-0.2, 0) is 28.9 Å². The average Bonchev–Trinajstić information content (AvgIpc) is 2.39. The molecule has 0 unspecified atom stereocenters. The lowest BCUT2D eigenvalue weighted by molar-refractivity contribution is 0.0648. The predicted molar refractivity (Wildman–Crippen MR) is 67.8 cm³/mol. The standard InChI is InChI=1S/C13H20N2O3/c1-17-8-9-18-7-6-15-13(16)10-11-4-2-3-5-12(11)14-15/h10H,2-9H2,1H3. The summed E-state index contributed by atoms with van der Waals surface area (Å²) in [6, 6.07) is 1.73. The van der Waals surface area contributed by atoms with Crippen molar-refractivity contribution in [1.82, 2.24) is 9.78 Å². The summed E-state index contributed by atoms with van der Waals surface area (Å²) in [7, 11) is 1.64. The van der Waals surface area contributed by atoms with E-state index in [2.05, 4.69) is 5.10 Å². The summed E-state index contributed by atoms with van der Waals surface area (Å²) in [5.41, 5.74) is 2.19. The molecule has 1 aromatic rings. The number of aromatic nitrogens is 2. The van der Waals surface area contributed by atoms with Gasteiger partial charge in [-0.2, -0.15) is 5.10 Å². The summed E-state index contributed by atoms with van der Waals surface area (Å²) in [6.07, 6.45) is 4.31. The highest BCUT2D eigenvalue weighted by Crippen LogP contribution is 2.16. The molecule has 5 heteroatoms. The zero-order valence-electron chi connectivity index (χ0n) is 10.9. The first-order valence-electron chi connectivity index (χ1n) is 6.48. The molecule has 1 aliphatic rings. The third-order valence-electron chi connectivity index (χ3n) is 3.15. The van der Waals surface area contributed by atoms with Crippen molar-refractivity contribution in [2.24, 2.45) is 0 Å². The minimum Gasteiger partial charge on any atom is -0.382 e. The summed E-state index contributed by atoms with van der Waals surface area (Å²) in [5.74, 6) is 0. The van der Waals surface area contributed by atoms with Gasteiger partial charge in [0.2, 0.25) is 0 Å². The van der Waals surface area contributed by atoms with Crippen molar-refractivity contribution in [2.45, 2.75) is 32.2 Å². The SMILES string of the molecule is COCCOCCn1nc2c(cc1=O)CCCC2. The Morgan fingerprint density at radius 1 is 1.28 bits per heavy atom. The number of methoxy groups -OCH3 is 1. The Hall–Kier alpha value is -1.20. The fourth-order valence-corrected chi connectivity index (χ4v) is 2.16. The van der Waals surface area contributed by atoms with Crippen LogP contribution in [0.2, 0.25) is 0 Å². The Morgan fingerprint density at radius 2 is 2.11 bits per heavy atom. The second-order valence-electron chi connectivity index (χ2n) is 4.49. The molecular weight excluding hydrogens is 232 g/mol. The third-order valence-corrected chi connectivity index (χ3v) is 3.15. The van der Waals surface area contributed by atoms with E-state index >= 15 is 0 Å². The van der Waals surface area contributed by atoms with Crippen LogP contribution in [0.15, 0.2) is 10.9 Å². The number of hydrogen-bond donors (Lipinski definition) is 0. The van der Waals surface area contributed by atoms with Crippen LogP contribution >= 0.6 is 0 Å². The van der Waals surface area contributed by atoms with Gasteiger partial charge in [0, 0.05) is 13.2 Å². The number of nitrogens with zero attached hydrogens (tertiary/aromatic N) is 2. The van der Waals surface area contributed by atoms with Gasteiger partial charge in [0.15, 0.2) is 0 Å². The number of rotatable bonds is 6. The molecule has 0 aromatic carbocycles. The fraction of sp³-hybridized carbons (Fsp3) is 0.692. The molecule has 0 amide bonds. The van der Waals surface area contributed by atoms with Crippen molar-refractivity contribution in [2.75, 3.05) is 26.9 Å². The molecule has 0 aliphatic heterocycles. The maximum absolute atomic E-state index is 11.8. The molecule has 1 aromatic heterocycles. The van der Waals surface area contributed by atoms with Gasteiger partial charge < -0.3 is 9.47 Å². The predicted octanol–water partition coefficient (Wildman–Crippen LogP) is 0.785. The summed E-state index contributed by atoms with van der Waals surface area (Å²) < 4.78 is 11.7. The zero-order chi connectivity index (χ0) is 12.8. The van der Waals surface area contributed by atoms with Gasteiger partial charge >= 0.3 is 0 Å². The molecule has 0 radical (unpaired) electrons. The molecule has 0 bridgehead atoms. The maximum atomic E-state index is 11.8. The van der Waals surface area contributed by atoms with Gasteiger partial charge in [-0.25, -0.2) is 4.68 Å². The van der Waals surface area contributed by atoms with Gasteiger partial charge in [0.1, 0.15) is 0 Å². The monoisotopic (exact) mass is 252 g/mol. The second-order valence-corrected chi connectivity index (χ2v) is 4.49. The van der Waals surface area contributed by atoms with Gasteiger partial charge in [-0.1, -0.05) is 0 Å². The molecular formula is C13H20N2O3. The van der Waals surface area contributed by atoms with Crippen molar-refractivity contribution in [3.63, 3.8) is 0 Å². The van der Waals surface area contributed by atoms with Crippen LogP contribution < -0.4 is 5.56 Å². The lowest BCUT2D eigenvalue weighted by atomic mass is 9.97. The Balaban J connectivity index is 1.94. The smallest absolute Gasteiger partial charge is 0.267 e. The average molecular weight is 252 g/mol. The highest BCUT2D eigenvalue weighted by molar-refractivity contribution is 5.20. The van der Waals surface area contributed by atoms with Gasteiger partial charge in [-0.05, 0) is 31.2 Å². The van der Waals surface area contributed by atoms with Gasteiger partial charge in [-0.15, -0.1) is 0 Å². The van der Waals surface area contributed by atoms with Gasteiger partial charge in [0.05, 0.1) is 32.1 Å². The van der Waals surface area contributed by atoms with Crippen molar-refractivity contribution >= 4 is 0 Å². The molecule has 0 N–H and O–H groups in total. The third kappa shape index (κ3) is 3.40. The van der Waals surface area contributed by atoms with E-state index in [9.17, 15) is 4.79 Å². The first-order chi connectivity index (χ1) is 8.81. The topological polar surface area (TPSA) is 53.4 Å². The largest absolute Gasteiger partial charge is 0.382 e. The van der Waals surface area contributed by atoms with Gasteiger partial charge in [-0.3, -0.25) is 4.79 Å². The number of ether oxygens (including phenoxy) is 2. The van der Waals surface area contributed by atoms with E-state index in [0.717, 1.165) is 30.5 Å². The molecule has 1 heterocycles. The quantitative estimate of drug-likeness (QED) is 0.702. The minimum atomic E-state index is -0.0222. The first-order valence-corrected chi connectivity index (χ1v) is 6.48. The molecule has 0 fully saturated rings. The van der Waals surface area contributed by atoms with Crippen molar-refractivity contribution in [3.05, 3.63) is 27.7 Å². The van der Waals surface area contributed by atoms with E-state index in [0.29, 0.717) is 26.4 Å². The van der Waals surface area contributed by atoms with Crippen molar-refractivity contribution in [3.8, 4) is 0 Å². The van der Waals surface area contributed by atoms with Crippen LogP contribution in [0.25, 0.3) is 0 Å². The van der Waals surface area contributed by atoms with Crippen LogP contribution in [-0.4, -0.2) is 36.7 Å². The van der Waals surface area contributed by atoms with Crippen LogP contribution in [0.5, 0.6) is 0 Å².